The molecule has 2 aliphatic heterocycles. The highest BCUT2D eigenvalue weighted by Gasteiger charge is 2.17. The van der Waals surface area contributed by atoms with Crippen LogP contribution < -0.4 is 25.1 Å². The maximum atomic E-state index is 5.34. The van der Waals surface area contributed by atoms with Crippen molar-refractivity contribution in [1.29, 1.82) is 0 Å². The number of hydrogen-bond donors (Lipinski definition) is 3. The molecule has 6 nitrogen and oxygen atoms in total. The number of nitrogens with one attached hydrogen (secondary N) is 3. The molecular formula is C13H19N4O2S+. The molecule has 0 bridgehead atoms. The Morgan fingerprint density at radius 1 is 1.25 bits per heavy atom. The monoisotopic (exact) mass is 295 g/mol. The van der Waals surface area contributed by atoms with Crippen molar-refractivity contribution in [3.63, 3.8) is 0 Å². The van der Waals surface area contributed by atoms with Gasteiger partial charge >= 0.3 is 0 Å². The van der Waals surface area contributed by atoms with Gasteiger partial charge in [0.2, 0.25) is 6.79 Å². The third-order valence-electron chi connectivity index (χ3n) is 3.51. The first kappa shape index (κ1) is 13.4. The molecule has 7 heteroatoms. The summed E-state index contributed by atoms with van der Waals surface area (Å²) in [6, 6.07) is 5.70. The fourth-order valence-electron chi connectivity index (χ4n) is 2.28. The van der Waals surface area contributed by atoms with Crippen LogP contribution in [0, 0.1) is 0 Å². The molecule has 0 aromatic heterocycles. The minimum absolute atomic E-state index is 0.283. The predicted molar refractivity (Wildman–Crippen MR) is 80.1 cm³/mol. The highest BCUT2D eigenvalue weighted by molar-refractivity contribution is 7.80. The van der Waals surface area contributed by atoms with E-state index in [1.807, 2.05) is 18.2 Å². The van der Waals surface area contributed by atoms with Crippen molar-refractivity contribution in [2.75, 3.05) is 45.3 Å². The van der Waals surface area contributed by atoms with Crippen LogP contribution in [0.3, 0.4) is 0 Å². The lowest BCUT2D eigenvalue weighted by molar-refractivity contribution is -0.884. The fraction of sp³-hybridized carbons (Fsp3) is 0.462. The molecule has 1 aromatic rings. The van der Waals surface area contributed by atoms with E-state index in [9.17, 15) is 0 Å². The van der Waals surface area contributed by atoms with Crippen molar-refractivity contribution in [2.24, 2.45) is 0 Å². The van der Waals surface area contributed by atoms with Crippen LogP contribution in [0.2, 0.25) is 0 Å². The van der Waals surface area contributed by atoms with E-state index in [-0.39, 0.29) is 6.79 Å². The second-order valence-corrected chi connectivity index (χ2v) is 5.49. The lowest BCUT2D eigenvalue weighted by Crippen LogP contribution is -3.12. The van der Waals surface area contributed by atoms with E-state index in [2.05, 4.69) is 22.8 Å². The maximum Gasteiger partial charge on any atom is 0.231 e. The number of anilines is 1. The molecule has 0 amide bonds. The van der Waals surface area contributed by atoms with E-state index in [1.54, 1.807) is 4.90 Å². The number of quaternary nitrogens is 1. The number of rotatable bonds is 2. The van der Waals surface area contributed by atoms with Crippen molar-refractivity contribution < 1.29 is 14.4 Å². The molecule has 1 saturated heterocycles. The Morgan fingerprint density at radius 3 is 2.80 bits per heavy atom. The summed E-state index contributed by atoms with van der Waals surface area (Å²) < 4.78 is 10.6. The highest BCUT2D eigenvalue weighted by atomic mass is 32.1. The molecule has 1 fully saturated rings. The summed E-state index contributed by atoms with van der Waals surface area (Å²) in [5.74, 6) is 1.53. The van der Waals surface area contributed by atoms with Crippen LogP contribution in [0.15, 0.2) is 18.2 Å². The molecule has 3 rings (SSSR count). The van der Waals surface area contributed by atoms with Crippen molar-refractivity contribution in [2.45, 2.75) is 0 Å². The Balaban J connectivity index is 1.54. The van der Waals surface area contributed by atoms with Gasteiger partial charge in [0.15, 0.2) is 16.6 Å². The Labute approximate surface area is 123 Å². The van der Waals surface area contributed by atoms with Crippen LogP contribution in [0.1, 0.15) is 0 Å². The highest BCUT2D eigenvalue weighted by Crippen LogP contribution is 2.34. The zero-order valence-electron chi connectivity index (χ0n) is 11.4. The average Bonchev–Trinajstić information content (AvgIpc) is 2.89. The van der Waals surface area contributed by atoms with Crippen molar-refractivity contribution in [1.82, 2.24) is 10.4 Å². The van der Waals surface area contributed by atoms with Crippen LogP contribution in [-0.4, -0.2) is 50.1 Å². The molecule has 0 unspecified atom stereocenters. The van der Waals surface area contributed by atoms with Crippen LogP contribution in [0.5, 0.6) is 11.5 Å². The molecule has 3 N–H and O–H groups in total. The van der Waals surface area contributed by atoms with E-state index in [0.29, 0.717) is 5.11 Å². The Hall–Kier alpha value is -1.57. The van der Waals surface area contributed by atoms with Crippen LogP contribution >= 0.6 is 12.2 Å². The number of ether oxygens (including phenoxy) is 2. The second kappa shape index (κ2) is 5.82. The molecule has 20 heavy (non-hydrogen) atoms. The van der Waals surface area contributed by atoms with E-state index in [0.717, 1.165) is 43.4 Å². The number of likely N-dealkylation sites (N-methyl/N-ethyl adjacent to an activating group) is 1. The van der Waals surface area contributed by atoms with Gasteiger partial charge in [-0.2, -0.15) is 0 Å². The largest absolute Gasteiger partial charge is 0.454 e. The number of fused-ring (bicyclic) bond motifs is 1. The summed E-state index contributed by atoms with van der Waals surface area (Å²) >= 11 is 5.33. The summed E-state index contributed by atoms with van der Waals surface area (Å²) in [4.78, 5) is 1.55. The van der Waals surface area contributed by atoms with Crippen LogP contribution in [-0.2, 0) is 0 Å². The molecule has 0 atom stereocenters. The van der Waals surface area contributed by atoms with Gasteiger partial charge in [-0.05, 0) is 24.4 Å². The molecule has 1 aromatic carbocycles. The topological polar surface area (TPSA) is 50.2 Å². The summed E-state index contributed by atoms with van der Waals surface area (Å²) in [6.07, 6.45) is 0. The quantitative estimate of drug-likeness (QED) is 0.637. The Bertz CT molecular complexity index is 503. The van der Waals surface area contributed by atoms with Gasteiger partial charge in [0.05, 0.1) is 33.2 Å². The van der Waals surface area contributed by atoms with Crippen LogP contribution in [0.25, 0.3) is 0 Å². The molecule has 2 aliphatic rings. The van der Waals surface area contributed by atoms with Crippen LogP contribution in [0.4, 0.5) is 5.69 Å². The normalized spacial score (nSPS) is 18.9. The van der Waals surface area contributed by atoms with E-state index < -0.39 is 0 Å². The van der Waals surface area contributed by atoms with Gasteiger partial charge in [-0.25, -0.2) is 5.01 Å². The third-order valence-corrected chi connectivity index (χ3v) is 3.70. The number of hydrogen-bond acceptors (Lipinski definition) is 4. The van der Waals surface area contributed by atoms with Crippen molar-refractivity contribution in [3.8, 4) is 11.5 Å². The molecule has 0 radical (unpaired) electrons. The van der Waals surface area contributed by atoms with Gasteiger partial charge in [0, 0.05) is 11.8 Å². The molecule has 108 valence electrons. The minimum Gasteiger partial charge on any atom is -0.454 e. The predicted octanol–water partition coefficient (Wildman–Crippen LogP) is -0.553. The summed E-state index contributed by atoms with van der Waals surface area (Å²) in [7, 11) is 2.21. The van der Waals surface area contributed by atoms with Gasteiger partial charge in [0.1, 0.15) is 0 Å². The number of benzene rings is 1. The first-order chi connectivity index (χ1) is 9.70. The average molecular weight is 295 g/mol. The van der Waals surface area contributed by atoms with Gasteiger partial charge in [-0.15, -0.1) is 0 Å². The third kappa shape index (κ3) is 3.12. The molecule has 2 heterocycles. The summed E-state index contributed by atoms with van der Waals surface area (Å²) in [6.45, 7) is 4.52. The van der Waals surface area contributed by atoms with E-state index in [4.69, 9.17) is 21.7 Å². The maximum absolute atomic E-state index is 5.34. The van der Waals surface area contributed by atoms with Gasteiger partial charge in [-0.3, -0.25) is 5.43 Å². The molecule has 0 saturated carbocycles. The number of piperazine rings is 1. The second-order valence-electron chi connectivity index (χ2n) is 5.08. The number of hydrazine groups is 1. The first-order valence-corrected chi connectivity index (χ1v) is 7.15. The minimum atomic E-state index is 0.283. The van der Waals surface area contributed by atoms with Gasteiger partial charge < -0.3 is 19.7 Å². The molecule has 0 aliphatic carbocycles. The molecular weight excluding hydrogens is 276 g/mol. The lowest BCUT2D eigenvalue weighted by Gasteiger charge is -2.31. The smallest absolute Gasteiger partial charge is 0.231 e. The van der Waals surface area contributed by atoms with Gasteiger partial charge in [-0.1, -0.05) is 0 Å². The lowest BCUT2D eigenvalue weighted by atomic mass is 10.3. The summed E-state index contributed by atoms with van der Waals surface area (Å²) in [5.41, 5.74) is 4.12. The van der Waals surface area contributed by atoms with Crippen molar-refractivity contribution in [3.05, 3.63) is 18.2 Å². The standard InChI is InChI=1S/C13H18N4O2S/c1-16-4-6-17(7-5-16)15-13(20)14-10-2-3-11-12(8-10)19-9-18-11/h2-3,8H,4-7,9H2,1H3,(H2,14,15,20)/p+1. The Morgan fingerprint density at radius 2 is 2.00 bits per heavy atom. The zero-order valence-corrected chi connectivity index (χ0v) is 12.3. The first-order valence-electron chi connectivity index (χ1n) is 6.74. The number of nitrogens with zero attached hydrogens (tertiary/aromatic N) is 1. The van der Waals surface area contributed by atoms with E-state index in [1.165, 1.54) is 0 Å². The SMILES string of the molecule is C[NH+]1CCN(NC(=S)Nc2ccc3c(c2)OCO3)CC1. The summed E-state index contributed by atoms with van der Waals surface area (Å²) in [5, 5.41) is 5.91. The zero-order chi connectivity index (χ0) is 13.9. The van der Waals surface area contributed by atoms with Crippen molar-refractivity contribution >= 4 is 23.0 Å². The Kier molecular flexibility index (Phi) is 3.90. The van der Waals surface area contributed by atoms with E-state index >= 15 is 0 Å². The van der Waals surface area contributed by atoms with Gasteiger partial charge in [0.25, 0.3) is 0 Å². The number of thiocarbonyl (C=S) groups is 1. The molecule has 0 spiro atoms. The fourth-order valence-corrected chi connectivity index (χ4v) is 2.52.